The molecule has 2 aliphatic heterocycles. The molecule has 34 heavy (non-hydrogen) atoms. The normalized spacial score (nSPS) is 15.0. The van der Waals surface area contributed by atoms with Crippen LogP contribution < -0.4 is 20.4 Å². The number of hydrogen-bond donors (Lipinski definition) is 2. The maximum absolute atomic E-state index is 4.55. The van der Waals surface area contributed by atoms with Crippen LogP contribution in [0.1, 0.15) is 12.5 Å². The number of hydrogen-bond acceptors (Lipinski definition) is 5. The molecule has 5 heteroatoms. The second-order valence-electron chi connectivity index (χ2n) is 8.78. The lowest BCUT2D eigenvalue weighted by Crippen LogP contribution is -2.38. The van der Waals surface area contributed by atoms with Crippen molar-refractivity contribution >= 4 is 11.4 Å². The molecule has 0 atom stereocenters. The highest BCUT2D eigenvalue weighted by Gasteiger charge is 2.24. The first-order valence-corrected chi connectivity index (χ1v) is 12.1. The van der Waals surface area contributed by atoms with Gasteiger partial charge in [0.25, 0.3) is 0 Å². The van der Waals surface area contributed by atoms with E-state index in [0.29, 0.717) is 0 Å². The molecule has 0 spiro atoms. The average Bonchev–Trinajstić information content (AvgIpc) is 3.33. The molecular weight excluding hydrogens is 418 g/mol. The standard InChI is InChI=1S/C29H33N5/c1-3-34(28-12-8-5-9-13-28)23(2)32-16-17-33(21-27-19-30-22-31-27)29-15-14-25(18-26(29)20-32)24-10-6-4-7-11-24/h4-15,18-19,30-31H,2-3,16-17,20-22H2,1H3. The van der Waals surface area contributed by atoms with Crippen molar-refractivity contribution in [2.24, 2.45) is 0 Å². The summed E-state index contributed by atoms with van der Waals surface area (Å²) >= 11 is 0. The Kier molecular flexibility index (Phi) is 6.43. The minimum atomic E-state index is 0.800. The summed E-state index contributed by atoms with van der Waals surface area (Å²) < 4.78 is 0. The van der Waals surface area contributed by atoms with Crippen LogP contribution >= 0.6 is 0 Å². The van der Waals surface area contributed by atoms with E-state index in [-0.39, 0.29) is 0 Å². The van der Waals surface area contributed by atoms with Crippen LogP contribution in [0.15, 0.2) is 103 Å². The summed E-state index contributed by atoms with van der Waals surface area (Å²) in [6.07, 6.45) is 2.09. The fourth-order valence-electron chi connectivity index (χ4n) is 4.85. The molecule has 3 aromatic carbocycles. The van der Waals surface area contributed by atoms with Gasteiger partial charge in [-0.25, -0.2) is 0 Å². The number of nitrogens with zero attached hydrogens (tertiary/aromatic N) is 3. The Hall–Kier alpha value is -3.86. The number of anilines is 2. The Balaban J connectivity index is 1.48. The summed E-state index contributed by atoms with van der Waals surface area (Å²) in [6.45, 7) is 12.0. The van der Waals surface area contributed by atoms with E-state index < -0.39 is 0 Å². The molecule has 5 nitrogen and oxygen atoms in total. The highest BCUT2D eigenvalue weighted by molar-refractivity contribution is 5.69. The van der Waals surface area contributed by atoms with E-state index in [9.17, 15) is 0 Å². The van der Waals surface area contributed by atoms with Gasteiger partial charge in [0.1, 0.15) is 5.82 Å². The lowest BCUT2D eigenvalue weighted by Gasteiger charge is -2.34. The highest BCUT2D eigenvalue weighted by Crippen LogP contribution is 2.33. The molecule has 2 aliphatic rings. The SMILES string of the molecule is C=C(N1CCN(CC2=CNCN2)c2ccc(-c3ccccc3)cc2C1)N(CC)c1ccccc1. The van der Waals surface area contributed by atoms with Crippen molar-refractivity contribution in [3.63, 3.8) is 0 Å². The van der Waals surface area contributed by atoms with E-state index in [1.807, 2.05) is 0 Å². The van der Waals surface area contributed by atoms with Gasteiger partial charge in [0.15, 0.2) is 0 Å². The third-order valence-corrected chi connectivity index (χ3v) is 6.64. The zero-order valence-electron chi connectivity index (χ0n) is 19.9. The molecule has 0 amide bonds. The zero-order chi connectivity index (χ0) is 23.3. The van der Waals surface area contributed by atoms with Gasteiger partial charge in [0, 0.05) is 49.5 Å². The van der Waals surface area contributed by atoms with Gasteiger partial charge < -0.3 is 25.3 Å². The number of rotatable bonds is 7. The Bertz CT molecular complexity index is 1160. The molecule has 2 N–H and O–H groups in total. The molecule has 5 rings (SSSR count). The largest absolute Gasteiger partial charge is 0.372 e. The molecule has 0 saturated heterocycles. The molecule has 174 valence electrons. The Morgan fingerprint density at radius 3 is 2.41 bits per heavy atom. The van der Waals surface area contributed by atoms with Gasteiger partial charge in [-0.1, -0.05) is 61.2 Å². The van der Waals surface area contributed by atoms with Crippen molar-refractivity contribution in [1.29, 1.82) is 0 Å². The van der Waals surface area contributed by atoms with E-state index >= 15 is 0 Å². The summed E-state index contributed by atoms with van der Waals surface area (Å²) in [5, 5.41) is 6.71. The first kappa shape index (κ1) is 22.0. The van der Waals surface area contributed by atoms with Gasteiger partial charge >= 0.3 is 0 Å². The lowest BCUT2D eigenvalue weighted by molar-refractivity contribution is 0.342. The van der Waals surface area contributed by atoms with Crippen LogP contribution in [0.3, 0.4) is 0 Å². The number of benzene rings is 3. The quantitative estimate of drug-likeness (QED) is 0.530. The van der Waals surface area contributed by atoms with Crippen LogP contribution in [0.5, 0.6) is 0 Å². The second-order valence-corrected chi connectivity index (χ2v) is 8.78. The summed E-state index contributed by atoms with van der Waals surface area (Å²) in [6, 6.07) is 28.1. The molecular formula is C29H33N5. The predicted octanol–water partition coefficient (Wildman–Crippen LogP) is 4.97. The molecule has 0 saturated carbocycles. The number of para-hydroxylation sites is 1. The smallest absolute Gasteiger partial charge is 0.101 e. The molecule has 0 fully saturated rings. The third kappa shape index (κ3) is 4.60. The minimum Gasteiger partial charge on any atom is -0.372 e. The maximum atomic E-state index is 4.55. The first-order chi connectivity index (χ1) is 16.7. The maximum Gasteiger partial charge on any atom is 0.101 e. The van der Waals surface area contributed by atoms with Crippen LogP contribution in [-0.2, 0) is 6.54 Å². The van der Waals surface area contributed by atoms with Gasteiger partial charge in [-0.2, -0.15) is 0 Å². The molecule has 0 aliphatic carbocycles. The van der Waals surface area contributed by atoms with Crippen molar-refractivity contribution in [3.8, 4) is 11.1 Å². The molecule has 0 unspecified atom stereocenters. The third-order valence-electron chi connectivity index (χ3n) is 6.64. The van der Waals surface area contributed by atoms with Crippen LogP contribution in [0.2, 0.25) is 0 Å². The molecule has 0 aromatic heterocycles. The van der Waals surface area contributed by atoms with E-state index in [1.54, 1.807) is 0 Å². The summed E-state index contributed by atoms with van der Waals surface area (Å²) in [5.74, 6) is 1.05. The van der Waals surface area contributed by atoms with Gasteiger partial charge in [-0.05, 0) is 47.9 Å². The van der Waals surface area contributed by atoms with Gasteiger partial charge in [0.2, 0.25) is 0 Å². The molecule has 0 bridgehead atoms. The summed E-state index contributed by atoms with van der Waals surface area (Å²) in [7, 11) is 0. The molecule has 0 radical (unpaired) electrons. The van der Waals surface area contributed by atoms with Gasteiger partial charge in [-0.3, -0.25) is 0 Å². The zero-order valence-corrected chi connectivity index (χ0v) is 19.9. The molecule has 3 aromatic rings. The van der Waals surface area contributed by atoms with Gasteiger partial charge in [-0.15, -0.1) is 0 Å². The van der Waals surface area contributed by atoms with E-state index in [2.05, 4.69) is 124 Å². The fraction of sp³-hybridized carbons (Fsp3) is 0.241. The number of fused-ring (bicyclic) bond motifs is 1. The summed E-state index contributed by atoms with van der Waals surface area (Å²) in [5.41, 5.74) is 7.53. The van der Waals surface area contributed by atoms with Crippen LogP contribution in [0, 0.1) is 0 Å². The predicted molar refractivity (Wildman–Crippen MR) is 142 cm³/mol. The van der Waals surface area contributed by atoms with Crippen molar-refractivity contribution in [1.82, 2.24) is 15.5 Å². The van der Waals surface area contributed by atoms with Crippen LogP contribution in [-0.4, -0.2) is 37.7 Å². The van der Waals surface area contributed by atoms with E-state index in [4.69, 9.17) is 0 Å². The first-order valence-electron chi connectivity index (χ1n) is 12.1. The monoisotopic (exact) mass is 451 g/mol. The van der Waals surface area contributed by atoms with Crippen molar-refractivity contribution in [2.75, 3.05) is 42.6 Å². The summed E-state index contributed by atoms with van der Waals surface area (Å²) in [4.78, 5) is 7.22. The van der Waals surface area contributed by atoms with Crippen molar-refractivity contribution < 1.29 is 0 Å². The van der Waals surface area contributed by atoms with Crippen LogP contribution in [0.25, 0.3) is 11.1 Å². The Morgan fingerprint density at radius 1 is 0.941 bits per heavy atom. The topological polar surface area (TPSA) is 33.8 Å². The average molecular weight is 452 g/mol. The second kappa shape index (κ2) is 9.96. The number of nitrogens with one attached hydrogen (secondary N) is 2. The van der Waals surface area contributed by atoms with Crippen LogP contribution in [0.4, 0.5) is 11.4 Å². The van der Waals surface area contributed by atoms with Gasteiger partial charge in [0.05, 0.1) is 13.2 Å². The molecule has 2 heterocycles. The minimum absolute atomic E-state index is 0.800. The van der Waals surface area contributed by atoms with Crippen molar-refractivity contribution in [2.45, 2.75) is 13.5 Å². The fourth-order valence-corrected chi connectivity index (χ4v) is 4.85. The van der Waals surface area contributed by atoms with Crippen molar-refractivity contribution in [3.05, 3.63) is 109 Å². The Morgan fingerprint density at radius 2 is 1.71 bits per heavy atom. The highest BCUT2D eigenvalue weighted by atomic mass is 15.3. The lowest BCUT2D eigenvalue weighted by atomic mass is 10.0. The van der Waals surface area contributed by atoms with E-state index in [0.717, 1.165) is 45.2 Å². The van der Waals surface area contributed by atoms with E-state index in [1.165, 1.54) is 33.8 Å². The Labute approximate surface area is 203 Å².